The number of amides is 1. The van der Waals surface area contributed by atoms with Crippen LogP contribution in [0.5, 0.6) is 0 Å². The Bertz CT molecular complexity index is 518. The molecular formula is C15H18N2O2S. The van der Waals surface area contributed by atoms with Gasteiger partial charge in [-0.25, -0.2) is 0 Å². The fourth-order valence-corrected chi connectivity index (χ4v) is 3.78. The number of benzene rings is 1. The van der Waals surface area contributed by atoms with Gasteiger partial charge in [0, 0.05) is 17.9 Å². The number of thioether (sulfide) groups is 1. The summed E-state index contributed by atoms with van der Waals surface area (Å²) in [5.74, 6) is 0.775. The van der Waals surface area contributed by atoms with Crippen LogP contribution in [0.15, 0.2) is 35.3 Å². The third kappa shape index (κ3) is 2.60. The first-order chi connectivity index (χ1) is 9.79. The van der Waals surface area contributed by atoms with Crippen molar-refractivity contribution in [2.45, 2.75) is 24.9 Å². The van der Waals surface area contributed by atoms with Gasteiger partial charge >= 0.3 is 0 Å². The van der Waals surface area contributed by atoms with Gasteiger partial charge in [-0.1, -0.05) is 30.3 Å². The van der Waals surface area contributed by atoms with Crippen molar-refractivity contribution in [1.29, 1.82) is 0 Å². The quantitative estimate of drug-likeness (QED) is 0.918. The van der Waals surface area contributed by atoms with Gasteiger partial charge in [0.25, 0.3) is 0 Å². The molecule has 0 saturated carbocycles. The topological polar surface area (TPSA) is 52.9 Å². The lowest BCUT2D eigenvalue weighted by molar-refractivity contribution is -0.133. The smallest absolute Gasteiger partial charge is 0.248 e. The van der Waals surface area contributed by atoms with Crippen LogP contribution >= 0.6 is 11.8 Å². The van der Waals surface area contributed by atoms with Crippen LogP contribution in [0.1, 0.15) is 18.4 Å². The summed E-state index contributed by atoms with van der Waals surface area (Å²) < 4.78 is 0. The summed E-state index contributed by atoms with van der Waals surface area (Å²) in [5.41, 5.74) is 1.08. The SMILES string of the molecule is O=C(C1CSC(c2ccccc2)=N1)N1CCCC1CO. The van der Waals surface area contributed by atoms with E-state index in [1.807, 2.05) is 35.2 Å². The first-order valence-corrected chi connectivity index (χ1v) is 7.95. The number of hydrogen-bond donors (Lipinski definition) is 1. The summed E-state index contributed by atoms with van der Waals surface area (Å²) in [4.78, 5) is 18.9. The average Bonchev–Trinajstić information content (AvgIpc) is 3.16. The summed E-state index contributed by atoms with van der Waals surface area (Å²) in [5, 5.41) is 10.3. The predicted molar refractivity (Wildman–Crippen MR) is 81.0 cm³/mol. The van der Waals surface area contributed by atoms with Crippen molar-refractivity contribution in [2.24, 2.45) is 4.99 Å². The lowest BCUT2D eigenvalue weighted by Gasteiger charge is -2.24. The highest BCUT2D eigenvalue weighted by Gasteiger charge is 2.35. The monoisotopic (exact) mass is 290 g/mol. The van der Waals surface area contributed by atoms with E-state index in [0.717, 1.165) is 30.0 Å². The first kappa shape index (κ1) is 13.6. The minimum atomic E-state index is -0.289. The van der Waals surface area contributed by atoms with Crippen molar-refractivity contribution in [3.8, 4) is 0 Å². The molecular weight excluding hydrogens is 272 g/mol. The van der Waals surface area contributed by atoms with E-state index in [1.54, 1.807) is 11.8 Å². The van der Waals surface area contributed by atoms with E-state index in [9.17, 15) is 9.90 Å². The van der Waals surface area contributed by atoms with Crippen molar-refractivity contribution in [3.63, 3.8) is 0 Å². The van der Waals surface area contributed by atoms with Gasteiger partial charge in [-0.3, -0.25) is 9.79 Å². The van der Waals surface area contributed by atoms with Crippen LogP contribution in [-0.4, -0.2) is 51.9 Å². The van der Waals surface area contributed by atoms with Gasteiger partial charge in [0.2, 0.25) is 5.91 Å². The Morgan fingerprint density at radius 2 is 2.20 bits per heavy atom. The molecule has 1 aromatic rings. The minimum absolute atomic E-state index is 0.0107. The van der Waals surface area contributed by atoms with Gasteiger partial charge < -0.3 is 10.0 Å². The van der Waals surface area contributed by atoms with Crippen LogP contribution in [0.2, 0.25) is 0 Å². The standard InChI is InChI=1S/C15H18N2O2S/c18-9-12-7-4-8-17(12)15(19)13-10-20-14(16-13)11-5-2-1-3-6-11/h1-3,5-6,12-13,18H,4,7-10H2. The number of aliphatic imine (C=N–C) groups is 1. The largest absolute Gasteiger partial charge is 0.394 e. The number of rotatable bonds is 3. The zero-order valence-corrected chi connectivity index (χ0v) is 12.1. The molecule has 106 valence electrons. The van der Waals surface area contributed by atoms with Crippen LogP contribution in [0, 0.1) is 0 Å². The highest BCUT2D eigenvalue weighted by molar-refractivity contribution is 8.14. The van der Waals surface area contributed by atoms with Crippen molar-refractivity contribution in [3.05, 3.63) is 35.9 Å². The molecule has 2 aliphatic heterocycles. The van der Waals surface area contributed by atoms with E-state index < -0.39 is 0 Å². The summed E-state index contributed by atoms with van der Waals surface area (Å²) in [6.07, 6.45) is 1.88. The van der Waals surface area contributed by atoms with Crippen LogP contribution in [-0.2, 0) is 4.79 Å². The summed E-state index contributed by atoms with van der Waals surface area (Å²) >= 11 is 1.64. The highest BCUT2D eigenvalue weighted by atomic mass is 32.2. The van der Waals surface area contributed by atoms with Gasteiger partial charge in [0.15, 0.2) is 0 Å². The van der Waals surface area contributed by atoms with E-state index >= 15 is 0 Å². The first-order valence-electron chi connectivity index (χ1n) is 6.97. The summed E-state index contributed by atoms with van der Waals surface area (Å²) in [7, 11) is 0. The van der Waals surface area contributed by atoms with Crippen LogP contribution in [0.4, 0.5) is 0 Å². The second-order valence-corrected chi connectivity index (χ2v) is 6.15. The molecule has 4 nitrogen and oxygen atoms in total. The zero-order chi connectivity index (χ0) is 13.9. The number of nitrogens with zero attached hydrogens (tertiary/aromatic N) is 2. The molecule has 3 rings (SSSR count). The molecule has 0 spiro atoms. The van der Waals surface area contributed by atoms with Crippen molar-refractivity contribution >= 4 is 22.7 Å². The van der Waals surface area contributed by atoms with Crippen molar-refractivity contribution < 1.29 is 9.90 Å². The molecule has 1 N–H and O–H groups in total. The number of carbonyl (C=O) groups excluding carboxylic acids is 1. The third-order valence-electron chi connectivity index (χ3n) is 3.83. The molecule has 5 heteroatoms. The lowest BCUT2D eigenvalue weighted by Crippen LogP contribution is -2.43. The second-order valence-electron chi connectivity index (χ2n) is 5.14. The zero-order valence-electron chi connectivity index (χ0n) is 11.2. The molecule has 0 aliphatic carbocycles. The number of aliphatic hydroxyl groups excluding tert-OH is 1. The molecule has 0 aromatic heterocycles. The summed E-state index contributed by atoms with van der Waals surface area (Å²) in [6, 6.07) is 9.68. The molecule has 1 fully saturated rings. The number of aliphatic hydroxyl groups is 1. The molecule has 1 amide bonds. The Morgan fingerprint density at radius 1 is 1.40 bits per heavy atom. The van der Waals surface area contributed by atoms with Crippen LogP contribution in [0.3, 0.4) is 0 Å². The van der Waals surface area contributed by atoms with E-state index in [1.165, 1.54) is 0 Å². The maximum absolute atomic E-state index is 12.5. The molecule has 0 bridgehead atoms. The Kier molecular flexibility index (Phi) is 4.08. The third-order valence-corrected chi connectivity index (χ3v) is 4.92. The Hall–Kier alpha value is -1.33. The van der Waals surface area contributed by atoms with Gasteiger partial charge in [-0.15, -0.1) is 11.8 Å². The van der Waals surface area contributed by atoms with Crippen molar-refractivity contribution in [2.75, 3.05) is 18.9 Å². The lowest BCUT2D eigenvalue weighted by atomic mass is 10.2. The molecule has 20 heavy (non-hydrogen) atoms. The second kappa shape index (κ2) is 5.97. The highest BCUT2D eigenvalue weighted by Crippen LogP contribution is 2.26. The van der Waals surface area contributed by atoms with E-state index in [2.05, 4.69) is 4.99 Å². The van der Waals surface area contributed by atoms with Gasteiger partial charge in [-0.05, 0) is 12.8 Å². The van der Waals surface area contributed by atoms with E-state index in [0.29, 0.717) is 5.75 Å². The Labute approximate surface area is 122 Å². The predicted octanol–water partition coefficient (Wildman–Crippen LogP) is 1.53. The normalized spacial score (nSPS) is 25.9. The molecule has 1 aromatic carbocycles. The summed E-state index contributed by atoms with van der Waals surface area (Å²) in [6.45, 7) is 0.808. The van der Waals surface area contributed by atoms with E-state index in [4.69, 9.17) is 0 Å². The minimum Gasteiger partial charge on any atom is -0.394 e. The van der Waals surface area contributed by atoms with Crippen molar-refractivity contribution in [1.82, 2.24) is 4.90 Å². The molecule has 2 atom stereocenters. The Balaban J connectivity index is 1.73. The number of hydrogen-bond acceptors (Lipinski definition) is 4. The average molecular weight is 290 g/mol. The Morgan fingerprint density at radius 3 is 2.95 bits per heavy atom. The van der Waals surface area contributed by atoms with Crippen LogP contribution in [0.25, 0.3) is 0 Å². The fourth-order valence-electron chi connectivity index (χ4n) is 2.75. The number of carbonyl (C=O) groups is 1. The molecule has 2 unspecified atom stereocenters. The molecule has 0 radical (unpaired) electrons. The fraction of sp³-hybridized carbons (Fsp3) is 0.467. The van der Waals surface area contributed by atoms with Gasteiger partial charge in [-0.2, -0.15) is 0 Å². The van der Waals surface area contributed by atoms with Gasteiger partial charge in [0.1, 0.15) is 6.04 Å². The maximum Gasteiger partial charge on any atom is 0.248 e. The van der Waals surface area contributed by atoms with Gasteiger partial charge in [0.05, 0.1) is 17.7 Å². The molecule has 1 saturated heterocycles. The van der Waals surface area contributed by atoms with E-state index in [-0.39, 0.29) is 24.6 Å². The number of likely N-dealkylation sites (tertiary alicyclic amines) is 1. The maximum atomic E-state index is 12.5. The van der Waals surface area contributed by atoms with Crippen LogP contribution < -0.4 is 0 Å². The molecule has 2 aliphatic rings. The molecule has 2 heterocycles.